The highest BCUT2D eigenvalue weighted by Gasteiger charge is 2.22. The van der Waals surface area contributed by atoms with Crippen molar-refractivity contribution in [1.29, 1.82) is 0 Å². The molecule has 5 heteroatoms. The van der Waals surface area contributed by atoms with Gasteiger partial charge in [0.05, 0.1) is 0 Å². The predicted octanol–water partition coefficient (Wildman–Crippen LogP) is 5.12. The van der Waals surface area contributed by atoms with Crippen LogP contribution in [0.1, 0.15) is 50.4 Å². The Balaban J connectivity index is 1.74. The van der Waals surface area contributed by atoms with Gasteiger partial charge < -0.3 is 10.2 Å². The first-order valence-corrected chi connectivity index (χ1v) is 10.1. The van der Waals surface area contributed by atoms with Crippen molar-refractivity contribution in [3.8, 4) is 0 Å². The summed E-state index contributed by atoms with van der Waals surface area (Å²) in [5.74, 6) is 1.97. The van der Waals surface area contributed by atoms with Gasteiger partial charge in [0.25, 0.3) is 5.91 Å². The fraction of sp³-hybridized carbons (Fsp3) is 0.650. The Morgan fingerprint density at radius 3 is 2.32 bits per heavy atom. The topological polar surface area (TPSA) is 32.3 Å². The number of carbonyl (C=O) groups is 1. The van der Waals surface area contributed by atoms with E-state index < -0.39 is 0 Å². The van der Waals surface area contributed by atoms with E-state index in [1.807, 2.05) is 0 Å². The lowest BCUT2D eigenvalue weighted by atomic mass is 9.91. The summed E-state index contributed by atoms with van der Waals surface area (Å²) in [4.78, 5) is 14.8. The van der Waals surface area contributed by atoms with Crippen LogP contribution in [0.15, 0.2) is 18.2 Å². The molecule has 25 heavy (non-hydrogen) atoms. The van der Waals surface area contributed by atoms with Gasteiger partial charge >= 0.3 is 0 Å². The second-order valence-electron chi connectivity index (χ2n) is 7.47. The number of nitrogens with one attached hydrogen (secondary N) is 1. The first-order valence-electron chi connectivity index (χ1n) is 9.35. The average Bonchev–Trinajstić information content (AvgIpc) is 2.59. The predicted molar refractivity (Wildman–Crippen MR) is 107 cm³/mol. The van der Waals surface area contributed by atoms with Crippen molar-refractivity contribution in [1.82, 2.24) is 10.2 Å². The summed E-state index contributed by atoms with van der Waals surface area (Å²) >= 11 is 11.9. The van der Waals surface area contributed by atoms with E-state index in [0.717, 1.165) is 44.3 Å². The Morgan fingerprint density at radius 2 is 1.76 bits per heavy atom. The van der Waals surface area contributed by atoms with E-state index in [2.05, 4.69) is 31.0 Å². The van der Waals surface area contributed by atoms with Crippen LogP contribution >= 0.6 is 23.2 Å². The summed E-state index contributed by atoms with van der Waals surface area (Å²) in [5.41, 5.74) is 0.525. The summed E-state index contributed by atoms with van der Waals surface area (Å²) in [5, 5.41) is 4.01. The number of piperidine rings is 1. The van der Waals surface area contributed by atoms with E-state index in [-0.39, 0.29) is 5.91 Å². The Bertz CT molecular complexity index is 551. The van der Waals surface area contributed by atoms with E-state index in [0.29, 0.717) is 21.5 Å². The third kappa shape index (κ3) is 6.47. The number of halogens is 2. The van der Waals surface area contributed by atoms with Crippen LogP contribution in [0.25, 0.3) is 0 Å². The largest absolute Gasteiger partial charge is 0.352 e. The minimum absolute atomic E-state index is 0.0998. The molecule has 1 heterocycles. The Kier molecular flexibility index (Phi) is 8.05. The van der Waals surface area contributed by atoms with Gasteiger partial charge in [0.15, 0.2) is 0 Å². The van der Waals surface area contributed by atoms with Gasteiger partial charge in [-0.15, -0.1) is 0 Å². The molecule has 1 N–H and O–H groups in total. The Labute approximate surface area is 162 Å². The van der Waals surface area contributed by atoms with Crippen molar-refractivity contribution in [2.24, 2.45) is 17.8 Å². The zero-order valence-corrected chi connectivity index (χ0v) is 17.0. The number of benzene rings is 1. The number of likely N-dealkylation sites (tertiary alicyclic amines) is 1. The van der Waals surface area contributed by atoms with Crippen LogP contribution in [0.2, 0.25) is 10.0 Å². The molecule has 3 nitrogen and oxygen atoms in total. The number of hydrogen-bond acceptors (Lipinski definition) is 2. The van der Waals surface area contributed by atoms with E-state index in [4.69, 9.17) is 23.2 Å². The highest BCUT2D eigenvalue weighted by Crippen LogP contribution is 2.22. The van der Waals surface area contributed by atoms with Crippen molar-refractivity contribution >= 4 is 29.1 Å². The van der Waals surface area contributed by atoms with Crippen molar-refractivity contribution in [3.63, 3.8) is 0 Å². The Hall–Kier alpha value is -0.770. The normalized spacial score (nSPS) is 18.8. The maximum atomic E-state index is 12.3. The molecule has 0 bridgehead atoms. The molecule has 2 unspecified atom stereocenters. The molecule has 0 aliphatic carbocycles. The third-order valence-corrected chi connectivity index (χ3v) is 5.98. The van der Waals surface area contributed by atoms with Crippen molar-refractivity contribution < 1.29 is 4.79 Å². The molecule has 1 fully saturated rings. The summed E-state index contributed by atoms with van der Waals surface area (Å²) in [7, 11) is 0. The first kappa shape index (κ1) is 20.5. The van der Waals surface area contributed by atoms with E-state index in [1.54, 1.807) is 18.2 Å². The van der Waals surface area contributed by atoms with Crippen molar-refractivity contribution in [2.75, 3.05) is 26.2 Å². The van der Waals surface area contributed by atoms with Gasteiger partial charge in [0, 0.05) is 28.7 Å². The molecular weight excluding hydrogens is 355 g/mol. The van der Waals surface area contributed by atoms with Crippen LogP contribution in [0.4, 0.5) is 0 Å². The lowest BCUT2D eigenvalue weighted by Gasteiger charge is -2.34. The van der Waals surface area contributed by atoms with Crippen LogP contribution in [-0.2, 0) is 0 Å². The molecule has 1 aliphatic heterocycles. The summed E-state index contributed by atoms with van der Waals surface area (Å²) < 4.78 is 0. The minimum atomic E-state index is -0.0998. The number of carbonyl (C=O) groups excluding carboxylic acids is 1. The highest BCUT2D eigenvalue weighted by atomic mass is 35.5. The second-order valence-corrected chi connectivity index (χ2v) is 8.35. The molecule has 0 saturated carbocycles. The van der Waals surface area contributed by atoms with E-state index in [9.17, 15) is 4.79 Å². The molecule has 1 aliphatic rings. The smallest absolute Gasteiger partial charge is 0.251 e. The van der Waals surface area contributed by atoms with Crippen LogP contribution in [0.5, 0.6) is 0 Å². The molecular formula is C20H30Cl2N2O. The summed E-state index contributed by atoms with van der Waals surface area (Å²) in [6, 6.07) is 4.94. The number of rotatable bonds is 7. The fourth-order valence-corrected chi connectivity index (χ4v) is 3.91. The molecule has 1 aromatic carbocycles. The van der Waals surface area contributed by atoms with Gasteiger partial charge in [-0.05, 0) is 61.9 Å². The number of hydrogen-bond donors (Lipinski definition) is 1. The molecule has 2 rings (SSSR count). The molecule has 0 aromatic heterocycles. The van der Waals surface area contributed by atoms with Gasteiger partial charge in [0.2, 0.25) is 0 Å². The Morgan fingerprint density at radius 1 is 1.16 bits per heavy atom. The summed E-state index contributed by atoms with van der Waals surface area (Å²) in [6.07, 6.45) is 3.53. The average molecular weight is 385 g/mol. The quantitative estimate of drug-likeness (QED) is 0.707. The molecule has 0 spiro atoms. The van der Waals surface area contributed by atoms with Crippen LogP contribution in [-0.4, -0.2) is 37.0 Å². The van der Waals surface area contributed by atoms with Gasteiger partial charge in [-0.3, -0.25) is 4.79 Å². The minimum Gasteiger partial charge on any atom is -0.352 e. The monoisotopic (exact) mass is 384 g/mol. The van der Waals surface area contributed by atoms with Gasteiger partial charge in [0.1, 0.15) is 0 Å². The molecule has 0 radical (unpaired) electrons. The standard InChI is InChI=1S/C20H30Cl2N2O/c1-4-14(2)15(3)13-24-7-5-16(6-8-24)12-23-20(25)17-9-18(21)11-19(22)10-17/h9-11,14-16H,4-8,12-13H2,1-3H3,(H,23,25). The van der Waals surface area contributed by atoms with E-state index >= 15 is 0 Å². The maximum Gasteiger partial charge on any atom is 0.251 e. The van der Waals surface area contributed by atoms with Gasteiger partial charge in [-0.2, -0.15) is 0 Å². The molecule has 2 atom stereocenters. The lowest BCUT2D eigenvalue weighted by molar-refractivity contribution is 0.0931. The zero-order chi connectivity index (χ0) is 18.4. The van der Waals surface area contributed by atoms with Gasteiger partial charge in [-0.1, -0.05) is 50.4 Å². The van der Waals surface area contributed by atoms with Gasteiger partial charge in [-0.25, -0.2) is 0 Å². The zero-order valence-electron chi connectivity index (χ0n) is 15.5. The van der Waals surface area contributed by atoms with Crippen LogP contribution in [0, 0.1) is 17.8 Å². The highest BCUT2D eigenvalue weighted by molar-refractivity contribution is 6.35. The molecule has 1 amide bonds. The van der Waals surface area contributed by atoms with E-state index in [1.165, 1.54) is 13.0 Å². The first-order chi connectivity index (χ1) is 11.9. The number of amides is 1. The van der Waals surface area contributed by atoms with Crippen molar-refractivity contribution in [2.45, 2.75) is 40.0 Å². The molecule has 1 saturated heterocycles. The number of nitrogens with zero attached hydrogens (tertiary/aromatic N) is 1. The fourth-order valence-electron chi connectivity index (χ4n) is 3.39. The van der Waals surface area contributed by atoms with Crippen molar-refractivity contribution in [3.05, 3.63) is 33.8 Å². The second kappa shape index (κ2) is 9.80. The maximum absolute atomic E-state index is 12.3. The third-order valence-electron chi connectivity index (χ3n) is 5.54. The summed E-state index contributed by atoms with van der Waals surface area (Å²) in [6.45, 7) is 11.1. The molecule has 140 valence electrons. The molecule has 1 aromatic rings. The SMILES string of the molecule is CCC(C)C(C)CN1CCC(CNC(=O)c2cc(Cl)cc(Cl)c2)CC1. The van der Waals surface area contributed by atoms with Crippen LogP contribution < -0.4 is 5.32 Å². The van der Waals surface area contributed by atoms with Crippen LogP contribution in [0.3, 0.4) is 0 Å². The lowest BCUT2D eigenvalue weighted by Crippen LogP contribution is -2.41.